The van der Waals surface area contributed by atoms with Crippen LogP contribution in [0.1, 0.15) is 23.3 Å². The molecular formula is C15H18N2O4S3. The molecule has 0 amide bonds. The molecule has 3 heterocycles. The number of fused-ring (bicyclic) bond motifs is 3. The maximum absolute atomic E-state index is 12.8. The first-order chi connectivity index (χ1) is 11.4. The van der Waals surface area contributed by atoms with Crippen molar-refractivity contribution in [3.63, 3.8) is 0 Å². The zero-order valence-electron chi connectivity index (χ0n) is 13.2. The van der Waals surface area contributed by atoms with Crippen LogP contribution in [0.15, 0.2) is 9.95 Å². The second kappa shape index (κ2) is 5.82. The van der Waals surface area contributed by atoms with Gasteiger partial charge in [0.2, 0.25) is 0 Å². The second-order valence-electron chi connectivity index (χ2n) is 6.45. The van der Waals surface area contributed by atoms with E-state index in [1.165, 1.54) is 21.2 Å². The quantitative estimate of drug-likeness (QED) is 0.778. The van der Waals surface area contributed by atoms with Crippen LogP contribution in [0.2, 0.25) is 0 Å². The number of hydrogen-bond acceptors (Lipinski definition) is 7. The van der Waals surface area contributed by atoms with E-state index >= 15 is 0 Å². The number of rotatable bonds is 2. The molecule has 1 fully saturated rings. The molecule has 1 aliphatic carbocycles. The number of aliphatic hydroxyl groups excluding tert-OH is 1. The molecule has 0 bridgehead atoms. The molecular weight excluding hydrogens is 368 g/mol. The summed E-state index contributed by atoms with van der Waals surface area (Å²) in [6.07, 6.45) is 3.27. The third-order valence-corrected chi connectivity index (χ3v) is 9.16. The van der Waals surface area contributed by atoms with E-state index in [2.05, 4.69) is 4.98 Å². The highest BCUT2D eigenvalue weighted by molar-refractivity contribution is 8.01. The first kappa shape index (κ1) is 16.6. The summed E-state index contributed by atoms with van der Waals surface area (Å²) in [6.45, 7) is 0. The fourth-order valence-electron chi connectivity index (χ4n) is 3.42. The van der Waals surface area contributed by atoms with Crippen LogP contribution in [0.4, 0.5) is 0 Å². The maximum atomic E-state index is 12.8. The fraction of sp³-hybridized carbons (Fsp3) is 0.600. The van der Waals surface area contributed by atoms with Gasteiger partial charge in [0.25, 0.3) is 5.56 Å². The van der Waals surface area contributed by atoms with Crippen molar-refractivity contribution >= 4 is 43.2 Å². The van der Waals surface area contributed by atoms with Crippen molar-refractivity contribution in [1.82, 2.24) is 9.55 Å². The van der Waals surface area contributed by atoms with E-state index in [4.69, 9.17) is 0 Å². The normalized spacial score (nSPS) is 25.9. The summed E-state index contributed by atoms with van der Waals surface area (Å²) in [7, 11) is -1.55. The first-order valence-corrected chi connectivity index (χ1v) is 11.4. The molecule has 0 aromatic carbocycles. The van der Waals surface area contributed by atoms with Crippen molar-refractivity contribution in [1.29, 1.82) is 0 Å². The SMILES string of the molecule is Cn1c(S[C@H]2CS(=O)(=O)C[C@H]2O)nc2sc3c(c2c1=O)CCCC3. The lowest BCUT2D eigenvalue weighted by Gasteiger charge is -2.14. The molecule has 0 spiro atoms. The summed E-state index contributed by atoms with van der Waals surface area (Å²) >= 11 is 2.77. The van der Waals surface area contributed by atoms with Crippen LogP contribution in [-0.2, 0) is 29.7 Å². The molecule has 1 saturated heterocycles. The standard InChI is InChI=1S/C15H18N2O4S3/c1-17-14(19)12-8-4-2-3-5-10(8)22-13(12)16-15(17)23-11-7-24(20,21)6-9(11)18/h9,11,18H,2-7H2,1H3/t9-,11+/m1/s1. The minimum Gasteiger partial charge on any atom is -0.391 e. The zero-order chi connectivity index (χ0) is 17.1. The molecule has 0 unspecified atom stereocenters. The molecule has 6 nitrogen and oxygen atoms in total. The molecule has 2 aliphatic rings. The number of aliphatic hydroxyl groups is 1. The average molecular weight is 387 g/mol. The monoisotopic (exact) mass is 386 g/mol. The van der Waals surface area contributed by atoms with Crippen LogP contribution in [-0.4, -0.2) is 45.9 Å². The topological polar surface area (TPSA) is 89.3 Å². The highest BCUT2D eigenvalue weighted by atomic mass is 32.2. The van der Waals surface area contributed by atoms with E-state index in [0.717, 1.165) is 41.5 Å². The number of sulfone groups is 1. The van der Waals surface area contributed by atoms with Crippen molar-refractivity contribution in [2.24, 2.45) is 7.05 Å². The summed E-state index contributed by atoms with van der Waals surface area (Å²) in [5.74, 6) is -0.290. The Morgan fingerprint density at radius 1 is 1.29 bits per heavy atom. The molecule has 2 aromatic heterocycles. The largest absolute Gasteiger partial charge is 0.391 e. The van der Waals surface area contributed by atoms with Crippen LogP contribution in [0.5, 0.6) is 0 Å². The van der Waals surface area contributed by atoms with Gasteiger partial charge in [0.1, 0.15) is 4.83 Å². The summed E-state index contributed by atoms with van der Waals surface area (Å²) in [4.78, 5) is 19.4. The summed E-state index contributed by atoms with van der Waals surface area (Å²) in [5.41, 5.74) is 1.08. The number of aryl methyl sites for hydroxylation is 2. The lowest BCUT2D eigenvalue weighted by molar-refractivity contribution is 0.207. The molecule has 0 radical (unpaired) electrons. The van der Waals surface area contributed by atoms with E-state index in [1.807, 2.05) is 0 Å². The number of nitrogens with zero attached hydrogens (tertiary/aromatic N) is 2. The van der Waals surface area contributed by atoms with E-state index in [0.29, 0.717) is 5.16 Å². The van der Waals surface area contributed by atoms with Crippen LogP contribution >= 0.6 is 23.1 Å². The average Bonchev–Trinajstić information content (AvgIpc) is 3.00. The smallest absolute Gasteiger partial charge is 0.262 e. The number of thioether (sulfide) groups is 1. The van der Waals surface area contributed by atoms with Crippen molar-refractivity contribution in [3.05, 3.63) is 20.8 Å². The minimum atomic E-state index is -3.22. The minimum absolute atomic E-state index is 0.0720. The first-order valence-electron chi connectivity index (χ1n) is 7.92. The van der Waals surface area contributed by atoms with Crippen LogP contribution in [0.3, 0.4) is 0 Å². The van der Waals surface area contributed by atoms with E-state index in [-0.39, 0.29) is 17.1 Å². The van der Waals surface area contributed by atoms with Crippen LogP contribution in [0.25, 0.3) is 10.2 Å². The molecule has 2 aromatic rings. The van der Waals surface area contributed by atoms with E-state index < -0.39 is 21.2 Å². The molecule has 2 atom stereocenters. The molecule has 130 valence electrons. The Morgan fingerprint density at radius 2 is 2.04 bits per heavy atom. The Labute approximate surface area is 147 Å². The predicted octanol–water partition coefficient (Wildman–Crippen LogP) is 1.12. The lowest BCUT2D eigenvalue weighted by atomic mass is 9.97. The summed E-state index contributed by atoms with van der Waals surface area (Å²) in [6, 6.07) is 0. The van der Waals surface area contributed by atoms with Gasteiger partial charge >= 0.3 is 0 Å². The van der Waals surface area contributed by atoms with Gasteiger partial charge in [0.05, 0.1) is 28.2 Å². The van der Waals surface area contributed by atoms with Gasteiger partial charge in [-0.25, -0.2) is 13.4 Å². The van der Waals surface area contributed by atoms with Gasteiger partial charge in [-0.15, -0.1) is 11.3 Å². The molecule has 4 rings (SSSR count). The lowest BCUT2D eigenvalue weighted by Crippen LogP contribution is -2.25. The van der Waals surface area contributed by atoms with Crippen LogP contribution < -0.4 is 5.56 Å². The van der Waals surface area contributed by atoms with Gasteiger partial charge in [-0.2, -0.15) is 0 Å². The van der Waals surface area contributed by atoms with Gasteiger partial charge in [0.15, 0.2) is 15.0 Å². The fourth-order valence-corrected chi connectivity index (χ4v) is 8.26. The predicted molar refractivity (Wildman–Crippen MR) is 95.8 cm³/mol. The van der Waals surface area contributed by atoms with Gasteiger partial charge in [0, 0.05) is 11.9 Å². The van der Waals surface area contributed by atoms with Crippen molar-refractivity contribution in [3.8, 4) is 0 Å². The summed E-state index contributed by atoms with van der Waals surface area (Å²) in [5, 5.41) is 10.7. The third kappa shape index (κ3) is 2.71. The maximum Gasteiger partial charge on any atom is 0.262 e. The van der Waals surface area contributed by atoms with Crippen molar-refractivity contribution in [2.45, 2.75) is 42.2 Å². The van der Waals surface area contributed by atoms with Crippen LogP contribution in [0, 0.1) is 0 Å². The highest BCUT2D eigenvalue weighted by Gasteiger charge is 2.38. The summed E-state index contributed by atoms with van der Waals surface area (Å²) < 4.78 is 24.8. The molecule has 24 heavy (non-hydrogen) atoms. The Kier molecular flexibility index (Phi) is 4.02. The van der Waals surface area contributed by atoms with Gasteiger partial charge in [-0.3, -0.25) is 9.36 Å². The zero-order valence-corrected chi connectivity index (χ0v) is 15.6. The molecule has 1 aliphatic heterocycles. The highest BCUT2D eigenvalue weighted by Crippen LogP contribution is 2.36. The number of aromatic nitrogens is 2. The van der Waals surface area contributed by atoms with Crippen molar-refractivity contribution in [2.75, 3.05) is 11.5 Å². The molecule has 0 saturated carbocycles. The Bertz CT molecular complexity index is 977. The van der Waals surface area contributed by atoms with Gasteiger partial charge < -0.3 is 5.11 Å². The van der Waals surface area contributed by atoms with E-state index in [9.17, 15) is 18.3 Å². The number of thiophene rings is 1. The second-order valence-corrected chi connectivity index (χ2v) is 10.9. The Hall–Kier alpha value is -0.900. The third-order valence-electron chi connectivity index (χ3n) is 4.68. The molecule has 9 heteroatoms. The van der Waals surface area contributed by atoms with Gasteiger partial charge in [-0.1, -0.05) is 11.8 Å². The molecule has 1 N–H and O–H groups in total. The Balaban J connectivity index is 1.77. The van der Waals surface area contributed by atoms with E-state index in [1.54, 1.807) is 18.4 Å². The van der Waals surface area contributed by atoms with Crippen molar-refractivity contribution < 1.29 is 13.5 Å². The van der Waals surface area contributed by atoms with Gasteiger partial charge in [-0.05, 0) is 31.2 Å². The number of hydrogen-bond donors (Lipinski definition) is 1. The Morgan fingerprint density at radius 3 is 2.75 bits per heavy atom.